The standard InChI is InChI=1S/C18H24FN3O2/c19-15-7-5-13(6-8-15)10-16-2-1-9-22(16)18(24)21-12-17(23)20-11-14-3-4-14/h5-8,14,16H,1-4,9-12H2,(H,20,23)(H,21,24). The molecule has 1 aliphatic carbocycles. The van der Waals surface area contributed by atoms with Gasteiger partial charge in [-0.2, -0.15) is 0 Å². The second-order valence-corrected chi connectivity index (χ2v) is 6.73. The predicted molar refractivity (Wildman–Crippen MR) is 89.0 cm³/mol. The van der Waals surface area contributed by atoms with E-state index < -0.39 is 0 Å². The van der Waals surface area contributed by atoms with Crippen LogP contribution in [0.1, 0.15) is 31.2 Å². The van der Waals surface area contributed by atoms with E-state index in [0.29, 0.717) is 25.4 Å². The zero-order chi connectivity index (χ0) is 16.9. The van der Waals surface area contributed by atoms with Gasteiger partial charge in [0.05, 0.1) is 6.54 Å². The van der Waals surface area contributed by atoms with Crippen LogP contribution in [0.3, 0.4) is 0 Å². The Morgan fingerprint density at radius 2 is 1.88 bits per heavy atom. The van der Waals surface area contributed by atoms with Gasteiger partial charge in [-0.1, -0.05) is 12.1 Å². The summed E-state index contributed by atoms with van der Waals surface area (Å²) in [4.78, 5) is 25.8. The molecule has 0 bridgehead atoms. The van der Waals surface area contributed by atoms with Crippen LogP contribution in [-0.4, -0.2) is 42.5 Å². The Hall–Kier alpha value is -2.11. The van der Waals surface area contributed by atoms with E-state index in [9.17, 15) is 14.0 Å². The number of carbonyl (C=O) groups is 2. The van der Waals surface area contributed by atoms with E-state index in [0.717, 1.165) is 18.4 Å². The molecule has 1 aromatic rings. The molecule has 1 heterocycles. The van der Waals surface area contributed by atoms with Crippen LogP contribution in [0.5, 0.6) is 0 Å². The number of carbonyl (C=O) groups excluding carboxylic acids is 2. The number of rotatable bonds is 6. The van der Waals surface area contributed by atoms with Crippen molar-refractivity contribution in [1.82, 2.24) is 15.5 Å². The molecular weight excluding hydrogens is 309 g/mol. The minimum absolute atomic E-state index is 0.0192. The smallest absolute Gasteiger partial charge is 0.318 e. The van der Waals surface area contributed by atoms with Crippen LogP contribution in [0.25, 0.3) is 0 Å². The number of amides is 3. The highest BCUT2D eigenvalue weighted by molar-refractivity contribution is 5.84. The van der Waals surface area contributed by atoms with Crippen molar-refractivity contribution in [3.8, 4) is 0 Å². The Labute approximate surface area is 141 Å². The molecule has 2 N–H and O–H groups in total. The Morgan fingerprint density at radius 1 is 1.12 bits per heavy atom. The summed E-state index contributed by atoms with van der Waals surface area (Å²) >= 11 is 0. The third-order valence-corrected chi connectivity index (χ3v) is 4.71. The molecule has 130 valence electrons. The zero-order valence-corrected chi connectivity index (χ0v) is 13.8. The molecule has 0 aromatic heterocycles. The Kier molecular flexibility index (Phi) is 5.33. The number of nitrogens with zero attached hydrogens (tertiary/aromatic N) is 1. The summed E-state index contributed by atoms with van der Waals surface area (Å²) in [6, 6.07) is 6.31. The Morgan fingerprint density at radius 3 is 2.58 bits per heavy atom. The topological polar surface area (TPSA) is 61.4 Å². The monoisotopic (exact) mass is 333 g/mol. The number of hydrogen-bond donors (Lipinski definition) is 2. The maximum absolute atomic E-state index is 13.0. The second-order valence-electron chi connectivity index (χ2n) is 6.73. The van der Waals surface area contributed by atoms with E-state index in [2.05, 4.69) is 10.6 Å². The lowest BCUT2D eigenvalue weighted by molar-refractivity contribution is -0.120. The lowest BCUT2D eigenvalue weighted by Crippen LogP contribution is -2.47. The Balaban J connectivity index is 1.45. The van der Waals surface area contributed by atoms with Gasteiger partial charge in [0.2, 0.25) is 5.91 Å². The van der Waals surface area contributed by atoms with Gasteiger partial charge in [-0.15, -0.1) is 0 Å². The van der Waals surface area contributed by atoms with Gasteiger partial charge in [0.15, 0.2) is 0 Å². The fourth-order valence-electron chi connectivity index (χ4n) is 3.11. The summed E-state index contributed by atoms with van der Waals surface area (Å²) in [5.74, 6) is 0.241. The Bertz CT molecular complexity index is 586. The van der Waals surface area contributed by atoms with Crippen LogP contribution in [0.15, 0.2) is 24.3 Å². The van der Waals surface area contributed by atoms with Crippen molar-refractivity contribution in [3.63, 3.8) is 0 Å². The van der Waals surface area contributed by atoms with Crippen LogP contribution in [0.2, 0.25) is 0 Å². The molecule has 1 aromatic carbocycles. The van der Waals surface area contributed by atoms with Crippen molar-refractivity contribution < 1.29 is 14.0 Å². The van der Waals surface area contributed by atoms with Crippen molar-refractivity contribution >= 4 is 11.9 Å². The average Bonchev–Trinajstić information content (AvgIpc) is 3.30. The first kappa shape index (κ1) is 16.7. The molecule has 1 unspecified atom stereocenters. The van der Waals surface area contributed by atoms with Crippen LogP contribution < -0.4 is 10.6 Å². The molecule has 0 radical (unpaired) electrons. The number of likely N-dealkylation sites (tertiary alicyclic amines) is 1. The first-order valence-electron chi connectivity index (χ1n) is 8.67. The molecule has 2 aliphatic rings. The van der Waals surface area contributed by atoms with E-state index >= 15 is 0 Å². The molecule has 2 fully saturated rings. The number of halogens is 1. The maximum Gasteiger partial charge on any atom is 0.318 e. The van der Waals surface area contributed by atoms with Gasteiger partial charge < -0.3 is 15.5 Å². The summed E-state index contributed by atoms with van der Waals surface area (Å²) in [7, 11) is 0. The molecule has 1 saturated carbocycles. The van der Waals surface area contributed by atoms with E-state index in [1.165, 1.54) is 25.0 Å². The van der Waals surface area contributed by atoms with Crippen molar-refractivity contribution in [3.05, 3.63) is 35.6 Å². The average molecular weight is 333 g/mol. The van der Waals surface area contributed by atoms with Crippen LogP contribution in [0, 0.1) is 11.7 Å². The van der Waals surface area contributed by atoms with Crippen molar-refractivity contribution in [1.29, 1.82) is 0 Å². The van der Waals surface area contributed by atoms with E-state index in [1.807, 2.05) is 0 Å². The van der Waals surface area contributed by atoms with Gasteiger partial charge in [-0.25, -0.2) is 9.18 Å². The van der Waals surface area contributed by atoms with Crippen molar-refractivity contribution in [2.75, 3.05) is 19.6 Å². The molecule has 1 saturated heterocycles. The molecule has 3 amide bonds. The lowest BCUT2D eigenvalue weighted by atomic mass is 10.0. The molecule has 3 rings (SSSR count). The molecule has 1 aliphatic heterocycles. The molecule has 5 nitrogen and oxygen atoms in total. The fourth-order valence-corrected chi connectivity index (χ4v) is 3.11. The van der Waals surface area contributed by atoms with Gasteiger partial charge in [0.1, 0.15) is 5.82 Å². The minimum Gasteiger partial charge on any atom is -0.354 e. The van der Waals surface area contributed by atoms with Gasteiger partial charge in [0, 0.05) is 19.1 Å². The number of nitrogens with one attached hydrogen (secondary N) is 2. The zero-order valence-electron chi connectivity index (χ0n) is 13.8. The third kappa shape index (κ3) is 4.69. The van der Waals surface area contributed by atoms with Gasteiger partial charge in [-0.3, -0.25) is 4.79 Å². The van der Waals surface area contributed by atoms with Gasteiger partial charge in [-0.05, 0) is 55.7 Å². The summed E-state index contributed by atoms with van der Waals surface area (Å²) in [6.45, 7) is 1.43. The largest absolute Gasteiger partial charge is 0.354 e. The van der Waals surface area contributed by atoms with Gasteiger partial charge >= 0.3 is 6.03 Å². The molecule has 0 spiro atoms. The first-order chi connectivity index (χ1) is 11.6. The molecule has 1 atom stereocenters. The molecule has 6 heteroatoms. The fraction of sp³-hybridized carbons (Fsp3) is 0.556. The third-order valence-electron chi connectivity index (χ3n) is 4.71. The predicted octanol–water partition coefficient (Wildman–Crippen LogP) is 2.07. The highest BCUT2D eigenvalue weighted by atomic mass is 19.1. The quantitative estimate of drug-likeness (QED) is 0.837. The maximum atomic E-state index is 13.0. The van der Waals surface area contributed by atoms with Crippen LogP contribution >= 0.6 is 0 Å². The number of benzene rings is 1. The number of urea groups is 1. The highest BCUT2D eigenvalue weighted by Gasteiger charge is 2.29. The SMILES string of the molecule is O=C(CNC(=O)N1CCCC1Cc1ccc(F)cc1)NCC1CC1. The summed E-state index contributed by atoms with van der Waals surface area (Å²) in [5.41, 5.74) is 1.02. The van der Waals surface area contributed by atoms with Gasteiger partial charge in [0.25, 0.3) is 0 Å². The summed E-state index contributed by atoms with van der Waals surface area (Å²) < 4.78 is 13.0. The van der Waals surface area contributed by atoms with E-state index in [-0.39, 0.29) is 30.3 Å². The van der Waals surface area contributed by atoms with E-state index in [1.54, 1.807) is 17.0 Å². The van der Waals surface area contributed by atoms with Crippen molar-refractivity contribution in [2.24, 2.45) is 5.92 Å². The summed E-state index contributed by atoms with van der Waals surface area (Å²) in [5, 5.41) is 5.55. The normalized spacial score (nSPS) is 20.0. The van der Waals surface area contributed by atoms with E-state index in [4.69, 9.17) is 0 Å². The first-order valence-corrected chi connectivity index (χ1v) is 8.67. The minimum atomic E-state index is -0.253. The van der Waals surface area contributed by atoms with Crippen LogP contribution in [-0.2, 0) is 11.2 Å². The van der Waals surface area contributed by atoms with Crippen molar-refractivity contribution in [2.45, 2.75) is 38.1 Å². The lowest BCUT2D eigenvalue weighted by Gasteiger charge is -2.25. The second kappa shape index (κ2) is 7.64. The number of hydrogen-bond acceptors (Lipinski definition) is 2. The molecular formula is C18H24FN3O2. The summed E-state index contributed by atoms with van der Waals surface area (Å²) in [6.07, 6.45) is 4.96. The highest BCUT2D eigenvalue weighted by Crippen LogP contribution is 2.27. The molecule has 24 heavy (non-hydrogen) atoms. The van der Waals surface area contributed by atoms with Crippen LogP contribution in [0.4, 0.5) is 9.18 Å².